The molecule has 0 bridgehead atoms. The summed E-state index contributed by atoms with van der Waals surface area (Å²) in [5.41, 5.74) is 2.46. The molecule has 2 N–H and O–H groups in total. The molecule has 17 heavy (non-hydrogen) atoms. The normalized spacial score (nSPS) is 21.9. The molecule has 1 atom stereocenters. The zero-order valence-electron chi connectivity index (χ0n) is 11.0. The minimum atomic E-state index is 0.816. The van der Waals surface area contributed by atoms with Gasteiger partial charge in [0.1, 0.15) is 0 Å². The van der Waals surface area contributed by atoms with Crippen molar-refractivity contribution in [2.75, 3.05) is 26.2 Å². The SMILES string of the molecule is CCN1CCC[C@H](CNCc2cn[nH]c2C)C1. The van der Waals surface area contributed by atoms with Crippen LogP contribution in [0.5, 0.6) is 0 Å². The van der Waals surface area contributed by atoms with Crippen LogP contribution < -0.4 is 5.32 Å². The highest BCUT2D eigenvalue weighted by Gasteiger charge is 2.18. The summed E-state index contributed by atoms with van der Waals surface area (Å²) in [5.74, 6) is 0.816. The first-order valence-electron chi connectivity index (χ1n) is 6.71. The first-order valence-corrected chi connectivity index (χ1v) is 6.71. The van der Waals surface area contributed by atoms with Crippen molar-refractivity contribution >= 4 is 0 Å². The molecule has 4 nitrogen and oxygen atoms in total. The van der Waals surface area contributed by atoms with E-state index in [-0.39, 0.29) is 0 Å². The molecule has 1 aromatic rings. The molecule has 2 heterocycles. The molecule has 1 aliphatic heterocycles. The van der Waals surface area contributed by atoms with E-state index in [1.165, 1.54) is 43.7 Å². The Morgan fingerprint density at radius 2 is 2.47 bits per heavy atom. The van der Waals surface area contributed by atoms with Gasteiger partial charge in [0.25, 0.3) is 0 Å². The van der Waals surface area contributed by atoms with E-state index in [0.717, 1.165) is 19.0 Å². The zero-order chi connectivity index (χ0) is 12.1. The second-order valence-corrected chi connectivity index (χ2v) is 5.05. The second kappa shape index (κ2) is 6.17. The maximum Gasteiger partial charge on any atom is 0.0535 e. The van der Waals surface area contributed by atoms with Gasteiger partial charge < -0.3 is 10.2 Å². The Kier molecular flexibility index (Phi) is 4.57. The molecule has 0 saturated carbocycles. The van der Waals surface area contributed by atoms with E-state index in [1.54, 1.807) is 0 Å². The Balaban J connectivity index is 1.70. The van der Waals surface area contributed by atoms with Crippen LogP contribution in [0.25, 0.3) is 0 Å². The van der Waals surface area contributed by atoms with Gasteiger partial charge in [0.15, 0.2) is 0 Å². The number of hydrogen-bond donors (Lipinski definition) is 2. The van der Waals surface area contributed by atoms with Gasteiger partial charge in [0.05, 0.1) is 6.20 Å². The Hall–Kier alpha value is -0.870. The maximum absolute atomic E-state index is 4.04. The van der Waals surface area contributed by atoms with Crippen LogP contribution in [-0.4, -0.2) is 41.3 Å². The Bertz CT molecular complexity index is 334. The fraction of sp³-hybridized carbons (Fsp3) is 0.769. The zero-order valence-corrected chi connectivity index (χ0v) is 11.0. The van der Waals surface area contributed by atoms with E-state index in [9.17, 15) is 0 Å². The lowest BCUT2D eigenvalue weighted by Gasteiger charge is -2.31. The van der Waals surface area contributed by atoms with Gasteiger partial charge in [-0.3, -0.25) is 5.10 Å². The summed E-state index contributed by atoms with van der Waals surface area (Å²) in [7, 11) is 0. The molecule has 96 valence electrons. The molecule has 0 radical (unpaired) electrons. The third kappa shape index (κ3) is 3.54. The van der Waals surface area contributed by atoms with Crippen LogP contribution in [0.2, 0.25) is 0 Å². The monoisotopic (exact) mass is 236 g/mol. The van der Waals surface area contributed by atoms with E-state index >= 15 is 0 Å². The average Bonchev–Trinajstić information content (AvgIpc) is 2.76. The summed E-state index contributed by atoms with van der Waals surface area (Å²) in [6, 6.07) is 0. The van der Waals surface area contributed by atoms with Crippen LogP contribution in [0.15, 0.2) is 6.20 Å². The third-order valence-electron chi connectivity index (χ3n) is 3.73. The van der Waals surface area contributed by atoms with Crippen molar-refractivity contribution in [3.63, 3.8) is 0 Å². The highest BCUT2D eigenvalue weighted by atomic mass is 15.1. The number of aryl methyl sites for hydroxylation is 1. The lowest BCUT2D eigenvalue weighted by molar-refractivity contribution is 0.180. The largest absolute Gasteiger partial charge is 0.312 e. The summed E-state index contributed by atoms with van der Waals surface area (Å²) >= 11 is 0. The molecule has 1 fully saturated rings. The molecule has 1 aromatic heterocycles. The molecule has 4 heteroatoms. The number of nitrogens with zero attached hydrogens (tertiary/aromatic N) is 2. The molecule has 1 saturated heterocycles. The number of H-pyrrole nitrogens is 1. The van der Waals surface area contributed by atoms with Gasteiger partial charge in [-0.05, 0) is 45.3 Å². The summed E-state index contributed by atoms with van der Waals surface area (Å²) in [4.78, 5) is 2.55. The maximum atomic E-state index is 4.04. The standard InChI is InChI=1S/C13H24N4/c1-3-17-6-4-5-12(10-17)7-14-8-13-9-15-16-11(13)2/h9,12,14H,3-8,10H2,1-2H3,(H,15,16)/t12-/m1/s1. The summed E-state index contributed by atoms with van der Waals surface area (Å²) in [5, 5.41) is 10.6. The van der Waals surface area contributed by atoms with Gasteiger partial charge >= 0.3 is 0 Å². The summed E-state index contributed by atoms with van der Waals surface area (Å²) in [6.07, 6.45) is 4.64. The van der Waals surface area contributed by atoms with Crippen molar-refractivity contribution in [3.8, 4) is 0 Å². The number of nitrogens with one attached hydrogen (secondary N) is 2. The van der Waals surface area contributed by atoms with Gasteiger partial charge in [0, 0.05) is 24.3 Å². The van der Waals surface area contributed by atoms with Gasteiger partial charge in [-0.2, -0.15) is 5.10 Å². The van der Waals surface area contributed by atoms with Crippen molar-refractivity contribution in [1.29, 1.82) is 0 Å². The molecule has 0 aromatic carbocycles. The van der Waals surface area contributed by atoms with E-state index in [0.29, 0.717) is 0 Å². The van der Waals surface area contributed by atoms with Gasteiger partial charge in [-0.15, -0.1) is 0 Å². The summed E-state index contributed by atoms with van der Waals surface area (Å²) in [6.45, 7) is 10.1. The molecular weight excluding hydrogens is 212 g/mol. The van der Waals surface area contributed by atoms with E-state index in [4.69, 9.17) is 0 Å². The van der Waals surface area contributed by atoms with Crippen LogP contribution in [0, 0.1) is 12.8 Å². The van der Waals surface area contributed by atoms with Crippen LogP contribution in [0.3, 0.4) is 0 Å². The van der Waals surface area contributed by atoms with Crippen molar-refractivity contribution in [3.05, 3.63) is 17.5 Å². The highest BCUT2D eigenvalue weighted by Crippen LogP contribution is 2.15. The van der Waals surface area contributed by atoms with E-state index in [1.807, 2.05) is 6.20 Å². The highest BCUT2D eigenvalue weighted by molar-refractivity contribution is 5.13. The van der Waals surface area contributed by atoms with Gasteiger partial charge in [0.2, 0.25) is 0 Å². The average molecular weight is 236 g/mol. The predicted molar refractivity (Wildman–Crippen MR) is 69.9 cm³/mol. The van der Waals surface area contributed by atoms with Gasteiger partial charge in [-0.1, -0.05) is 6.92 Å². The third-order valence-corrected chi connectivity index (χ3v) is 3.73. The molecule has 0 spiro atoms. The van der Waals surface area contributed by atoms with Crippen molar-refractivity contribution < 1.29 is 0 Å². The molecule has 2 rings (SSSR count). The van der Waals surface area contributed by atoms with Crippen molar-refractivity contribution in [2.24, 2.45) is 5.92 Å². The van der Waals surface area contributed by atoms with Crippen LogP contribution in [-0.2, 0) is 6.54 Å². The summed E-state index contributed by atoms with van der Waals surface area (Å²) < 4.78 is 0. The Labute approximate surface area is 104 Å². The number of aromatic nitrogens is 2. The minimum Gasteiger partial charge on any atom is -0.312 e. The number of piperidine rings is 1. The number of aromatic amines is 1. The fourth-order valence-electron chi connectivity index (χ4n) is 2.57. The van der Waals surface area contributed by atoms with Crippen LogP contribution in [0.1, 0.15) is 31.0 Å². The number of rotatable bonds is 5. The lowest BCUT2D eigenvalue weighted by atomic mass is 9.98. The lowest BCUT2D eigenvalue weighted by Crippen LogP contribution is -2.39. The Morgan fingerprint density at radius 3 is 3.18 bits per heavy atom. The molecule has 1 aliphatic rings. The fourth-order valence-corrected chi connectivity index (χ4v) is 2.57. The molecular formula is C13H24N4. The topological polar surface area (TPSA) is 44.0 Å². The van der Waals surface area contributed by atoms with E-state index in [2.05, 4.69) is 34.3 Å². The minimum absolute atomic E-state index is 0.816. The quantitative estimate of drug-likeness (QED) is 0.815. The van der Waals surface area contributed by atoms with E-state index < -0.39 is 0 Å². The molecule has 0 unspecified atom stereocenters. The smallest absolute Gasteiger partial charge is 0.0535 e. The first kappa shape index (κ1) is 12.6. The van der Waals surface area contributed by atoms with Crippen molar-refractivity contribution in [1.82, 2.24) is 20.4 Å². The molecule has 0 aliphatic carbocycles. The second-order valence-electron chi connectivity index (χ2n) is 5.05. The van der Waals surface area contributed by atoms with Gasteiger partial charge in [-0.25, -0.2) is 0 Å². The number of hydrogen-bond acceptors (Lipinski definition) is 3. The van der Waals surface area contributed by atoms with Crippen LogP contribution >= 0.6 is 0 Å². The number of likely N-dealkylation sites (tertiary alicyclic amines) is 1. The molecule has 0 amide bonds. The Morgan fingerprint density at radius 1 is 1.59 bits per heavy atom. The first-order chi connectivity index (χ1) is 8.29. The van der Waals surface area contributed by atoms with Crippen molar-refractivity contribution in [2.45, 2.75) is 33.2 Å². The van der Waals surface area contributed by atoms with Crippen LogP contribution in [0.4, 0.5) is 0 Å². The predicted octanol–water partition coefficient (Wildman–Crippen LogP) is 1.54.